The van der Waals surface area contributed by atoms with Crippen LogP contribution in [0.25, 0.3) is 0 Å². The van der Waals surface area contributed by atoms with E-state index in [0.29, 0.717) is 13.0 Å². The van der Waals surface area contributed by atoms with Crippen LogP contribution in [0, 0.1) is 11.2 Å². The highest BCUT2D eigenvalue weighted by molar-refractivity contribution is 5.18. The van der Waals surface area contributed by atoms with Crippen LogP contribution < -0.4 is 5.73 Å². The first-order chi connectivity index (χ1) is 6.98. The van der Waals surface area contributed by atoms with Gasteiger partial charge in [-0.15, -0.1) is 0 Å². The summed E-state index contributed by atoms with van der Waals surface area (Å²) in [5, 5.41) is 9.63. The topological polar surface area (TPSA) is 46.2 Å². The van der Waals surface area contributed by atoms with Crippen molar-refractivity contribution in [2.24, 2.45) is 11.1 Å². The zero-order valence-corrected chi connectivity index (χ0v) is 9.20. The molecule has 0 aromatic heterocycles. The fourth-order valence-corrected chi connectivity index (χ4v) is 1.46. The molecule has 0 saturated heterocycles. The van der Waals surface area contributed by atoms with Crippen LogP contribution in [0.15, 0.2) is 24.3 Å². The predicted octanol–water partition coefficient (Wildman–Crippen LogP) is 1.71. The molecule has 3 heteroatoms. The molecule has 0 aliphatic heterocycles. The van der Waals surface area contributed by atoms with E-state index in [1.54, 1.807) is 19.1 Å². The standard InChI is InChI=1S/C12H18FNO/c1-9(15)12(2,8-14)7-10-3-5-11(13)6-4-10/h3-6,9,15H,7-8,14H2,1-2H3/t9-,12+/m1/s1. The summed E-state index contributed by atoms with van der Waals surface area (Å²) in [6.45, 7) is 4.07. The van der Waals surface area contributed by atoms with Crippen molar-refractivity contribution in [3.63, 3.8) is 0 Å². The minimum absolute atomic E-state index is 0.245. The van der Waals surface area contributed by atoms with Crippen molar-refractivity contribution in [3.8, 4) is 0 Å². The van der Waals surface area contributed by atoms with Crippen molar-refractivity contribution < 1.29 is 9.50 Å². The first-order valence-electron chi connectivity index (χ1n) is 5.10. The van der Waals surface area contributed by atoms with Gasteiger partial charge in [-0.25, -0.2) is 4.39 Å². The quantitative estimate of drug-likeness (QED) is 0.796. The molecule has 0 radical (unpaired) electrons. The Hall–Kier alpha value is -0.930. The van der Waals surface area contributed by atoms with E-state index in [1.165, 1.54) is 12.1 Å². The number of halogens is 1. The average molecular weight is 211 g/mol. The molecule has 0 saturated carbocycles. The van der Waals surface area contributed by atoms with Gasteiger partial charge >= 0.3 is 0 Å². The molecule has 3 N–H and O–H groups in total. The number of rotatable bonds is 4. The Morgan fingerprint density at radius 2 is 1.93 bits per heavy atom. The maximum absolute atomic E-state index is 12.7. The third kappa shape index (κ3) is 3.01. The Kier molecular flexibility index (Phi) is 3.83. The number of aliphatic hydroxyl groups excluding tert-OH is 1. The van der Waals surface area contributed by atoms with E-state index in [0.717, 1.165) is 5.56 Å². The van der Waals surface area contributed by atoms with E-state index >= 15 is 0 Å². The summed E-state index contributed by atoms with van der Waals surface area (Å²) in [6, 6.07) is 6.31. The molecular weight excluding hydrogens is 193 g/mol. The second kappa shape index (κ2) is 4.73. The normalized spacial score (nSPS) is 17.1. The third-order valence-corrected chi connectivity index (χ3v) is 3.00. The number of benzene rings is 1. The smallest absolute Gasteiger partial charge is 0.123 e. The van der Waals surface area contributed by atoms with Gasteiger partial charge in [0.25, 0.3) is 0 Å². The number of aliphatic hydroxyl groups is 1. The van der Waals surface area contributed by atoms with Gasteiger partial charge in [0.2, 0.25) is 0 Å². The van der Waals surface area contributed by atoms with Crippen molar-refractivity contribution in [1.82, 2.24) is 0 Å². The third-order valence-electron chi connectivity index (χ3n) is 3.00. The maximum Gasteiger partial charge on any atom is 0.123 e. The SMILES string of the molecule is C[C@@H](O)[C@](C)(CN)Cc1ccc(F)cc1. The molecule has 1 rings (SSSR count). The van der Waals surface area contributed by atoms with Gasteiger partial charge in [-0.05, 0) is 31.0 Å². The van der Waals surface area contributed by atoms with Gasteiger partial charge in [-0.2, -0.15) is 0 Å². The van der Waals surface area contributed by atoms with Gasteiger partial charge in [0.15, 0.2) is 0 Å². The molecule has 0 amide bonds. The fraction of sp³-hybridized carbons (Fsp3) is 0.500. The fourth-order valence-electron chi connectivity index (χ4n) is 1.46. The van der Waals surface area contributed by atoms with Gasteiger partial charge < -0.3 is 10.8 Å². The lowest BCUT2D eigenvalue weighted by atomic mass is 9.79. The summed E-state index contributed by atoms with van der Waals surface area (Å²) in [7, 11) is 0. The molecule has 0 bridgehead atoms. The van der Waals surface area contributed by atoms with Crippen LogP contribution in [0.5, 0.6) is 0 Å². The van der Waals surface area contributed by atoms with Gasteiger partial charge in [0, 0.05) is 12.0 Å². The summed E-state index contributed by atoms with van der Waals surface area (Å²) < 4.78 is 12.7. The number of hydrogen-bond donors (Lipinski definition) is 2. The van der Waals surface area contributed by atoms with Gasteiger partial charge in [-0.1, -0.05) is 19.1 Å². The predicted molar refractivity (Wildman–Crippen MR) is 58.9 cm³/mol. The minimum atomic E-state index is -0.479. The highest BCUT2D eigenvalue weighted by atomic mass is 19.1. The van der Waals surface area contributed by atoms with Crippen molar-refractivity contribution in [2.75, 3.05) is 6.54 Å². The maximum atomic E-state index is 12.7. The average Bonchev–Trinajstić information content (AvgIpc) is 2.21. The van der Waals surface area contributed by atoms with Crippen molar-refractivity contribution >= 4 is 0 Å². The van der Waals surface area contributed by atoms with E-state index in [4.69, 9.17) is 5.73 Å². The van der Waals surface area contributed by atoms with Crippen LogP contribution in [0.1, 0.15) is 19.4 Å². The van der Waals surface area contributed by atoms with Gasteiger partial charge in [0.1, 0.15) is 5.82 Å². The summed E-state index contributed by atoms with van der Waals surface area (Å²) in [5.41, 5.74) is 6.29. The molecule has 0 fully saturated rings. The number of hydrogen-bond acceptors (Lipinski definition) is 2. The van der Waals surface area contributed by atoms with Crippen LogP contribution >= 0.6 is 0 Å². The summed E-state index contributed by atoms with van der Waals surface area (Å²) in [6.07, 6.45) is 0.175. The van der Waals surface area contributed by atoms with Crippen LogP contribution in [-0.4, -0.2) is 17.8 Å². The van der Waals surface area contributed by atoms with E-state index in [2.05, 4.69) is 0 Å². The number of nitrogens with two attached hydrogens (primary N) is 1. The van der Waals surface area contributed by atoms with Crippen molar-refractivity contribution in [1.29, 1.82) is 0 Å². The molecule has 15 heavy (non-hydrogen) atoms. The largest absolute Gasteiger partial charge is 0.393 e. The van der Waals surface area contributed by atoms with E-state index in [-0.39, 0.29) is 11.2 Å². The first-order valence-corrected chi connectivity index (χ1v) is 5.10. The Balaban J connectivity index is 2.79. The lowest BCUT2D eigenvalue weighted by molar-refractivity contribution is 0.0589. The second-order valence-corrected chi connectivity index (χ2v) is 4.34. The highest BCUT2D eigenvalue weighted by Crippen LogP contribution is 2.25. The van der Waals surface area contributed by atoms with E-state index in [1.807, 2.05) is 6.92 Å². The van der Waals surface area contributed by atoms with Crippen LogP contribution in [-0.2, 0) is 6.42 Å². The van der Waals surface area contributed by atoms with E-state index < -0.39 is 6.10 Å². The Labute approximate surface area is 89.9 Å². The molecule has 0 spiro atoms. The highest BCUT2D eigenvalue weighted by Gasteiger charge is 2.28. The first kappa shape index (κ1) is 12.1. The summed E-state index contributed by atoms with van der Waals surface area (Å²) in [5.74, 6) is -0.245. The zero-order valence-electron chi connectivity index (χ0n) is 9.20. The van der Waals surface area contributed by atoms with Crippen molar-refractivity contribution in [3.05, 3.63) is 35.6 Å². The molecule has 0 aliphatic rings. The van der Waals surface area contributed by atoms with Gasteiger partial charge in [-0.3, -0.25) is 0 Å². The Bertz CT molecular complexity index is 310. The summed E-state index contributed by atoms with van der Waals surface area (Å²) >= 11 is 0. The van der Waals surface area contributed by atoms with Crippen LogP contribution in [0.2, 0.25) is 0 Å². The lowest BCUT2D eigenvalue weighted by Crippen LogP contribution is -2.39. The lowest BCUT2D eigenvalue weighted by Gasteiger charge is -2.31. The molecule has 2 atom stereocenters. The van der Waals surface area contributed by atoms with Crippen LogP contribution in [0.4, 0.5) is 4.39 Å². The van der Waals surface area contributed by atoms with Crippen molar-refractivity contribution in [2.45, 2.75) is 26.4 Å². The molecule has 1 aromatic rings. The molecule has 0 unspecified atom stereocenters. The molecule has 84 valence electrons. The second-order valence-electron chi connectivity index (χ2n) is 4.34. The monoisotopic (exact) mass is 211 g/mol. The van der Waals surface area contributed by atoms with Crippen LogP contribution in [0.3, 0.4) is 0 Å². The van der Waals surface area contributed by atoms with E-state index in [9.17, 15) is 9.50 Å². The zero-order chi connectivity index (χ0) is 11.5. The van der Waals surface area contributed by atoms with Gasteiger partial charge in [0.05, 0.1) is 6.10 Å². The molecule has 0 aliphatic carbocycles. The Morgan fingerprint density at radius 3 is 2.33 bits per heavy atom. The summed E-state index contributed by atoms with van der Waals surface area (Å²) in [4.78, 5) is 0. The molecule has 1 aromatic carbocycles. The minimum Gasteiger partial charge on any atom is -0.393 e. The molecule has 0 heterocycles. The Morgan fingerprint density at radius 1 is 1.40 bits per heavy atom. The molecular formula is C12H18FNO. The molecule has 2 nitrogen and oxygen atoms in total.